The molecule has 1 aliphatic rings. The largest absolute Gasteiger partial charge is 0.390 e. The van der Waals surface area contributed by atoms with Crippen LogP contribution in [0.4, 0.5) is 13.9 Å². The van der Waals surface area contributed by atoms with Gasteiger partial charge in [-0.25, -0.2) is 8.78 Å². The molecule has 0 bridgehead atoms. The molecule has 0 fully saturated rings. The molecule has 0 spiro atoms. The fourth-order valence-corrected chi connectivity index (χ4v) is 6.17. The van der Waals surface area contributed by atoms with E-state index < -0.39 is 23.8 Å². The lowest BCUT2D eigenvalue weighted by Gasteiger charge is -2.30. The first-order valence-corrected chi connectivity index (χ1v) is 13.5. The highest BCUT2D eigenvalue weighted by Crippen LogP contribution is 2.32. The van der Waals surface area contributed by atoms with Gasteiger partial charge in [0.2, 0.25) is 5.13 Å². The maximum Gasteiger partial charge on any atom is 0.206 e. The molecule has 3 unspecified atom stereocenters. The van der Waals surface area contributed by atoms with Crippen LogP contribution in [-0.4, -0.2) is 39.7 Å². The van der Waals surface area contributed by atoms with Gasteiger partial charge in [0.05, 0.1) is 12.1 Å². The summed E-state index contributed by atoms with van der Waals surface area (Å²) in [6, 6.07) is 9.65. The highest BCUT2D eigenvalue weighted by Gasteiger charge is 2.25. The Morgan fingerprint density at radius 1 is 1.15 bits per heavy atom. The molecule has 0 saturated heterocycles. The lowest BCUT2D eigenvalue weighted by molar-refractivity contribution is 0.146. The molecular weight excluding hydrogens is 530 g/mol. The summed E-state index contributed by atoms with van der Waals surface area (Å²) in [5.74, 6) is 0.625. The van der Waals surface area contributed by atoms with E-state index in [9.17, 15) is 13.9 Å². The number of nitrogens with zero attached hydrogens (tertiary/aromatic N) is 2. The second kappa shape index (κ2) is 11.2. The Morgan fingerprint density at radius 2 is 1.94 bits per heavy atom. The van der Waals surface area contributed by atoms with Gasteiger partial charge in [-0.3, -0.25) is 0 Å². The number of aliphatic hydroxyl groups excluding tert-OH is 1. The number of thioether (sulfide) groups is 1. The van der Waals surface area contributed by atoms with Crippen LogP contribution in [0.15, 0.2) is 40.3 Å². The van der Waals surface area contributed by atoms with Crippen LogP contribution in [0.1, 0.15) is 35.2 Å². The van der Waals surface area contributed by atoms with Crippen LogP contribution in [0.3, 0.4) is 0 Å². The van der Waals surface area contributed by atoms with Gasteiger partial charge in [0, 0.05) is 30.2 Å². The fourth-order valence-electron chi connectivity index (χ4n) is 3.96. The second-order valence-electron chi connectivity index (χ2n) is 8.02. The number of halogens is 3. The van der Waals surface area contributed by atoms with Gasteiger partial charge < -0.3 is 15.7 Å². The van der Waals surface area contributed by atoms with Gasteiger partial charge in [-0.15, -0.1) is 10.2 Å². The van der Waals surface area contributed by atoms with Crippen molar-refractivity contribution in [3.05, 3.63) is 74.2 Å². The molecule has 2 heterocycles. The number of aliphatic hydroxyl groups is 1. The second-order valence-corrected chi connectivity index (χ2v) is 11.3. The van der Waals surface area contributed by atoms with Crippen molar-refractivity contribution in [2.24, 2.45) is 0 Å². The third kappa shape index (κ3) is 6.51. The van der Waals surface area contributed by atoms with Crippen LogP contribution in [-0.2, 0) is 18.6 Å². The van der Waals surface area contributed by atoms with E-state index in [1.165, 1.54) is 40.2 Å². The Morgan fingerprint density at radius 3 is 2.64 bits per heavy atom. The Kier molecular flexibility index (Phi) is 8.34. The van der Waals surface area contributed by atoms with Crippen LogP contribution in [0.25, 0.3) is 0 Å². The van der Waals surface area contributed by atoms with Crippen molar-refractivity contribution in [2.75, 3.05) is 17.6 Å². The molecule has 176 valence electrons. The highest BCUT2D eigenvalue weighted by atomic mass is 79.9. The van der Waals surface area contributed by atoms with Crippen molar-refractivity contribution < 1.29 is 13.9 Å². The van der Waals surface area contributed by atoms with Crippen LogP contribution >= 0.6 is 39.0 Å². The van der Waals surface area contributed by atoms with Gasteiger partial charge in [0.1, 0.15) is 11.6 Å². The number of aromatic nitrogens is 2. The Labute approximate surface area is 208 Å². The first-order valence-electron chi connectivity index (χ1n) is 10.7. The zero-order valence-corrected chi connectivity index (χ0v) is 21.2. The number of fused-ring (bicyclic) bond motifs is 1. The van der Waals surface area contributed by atoms with Crippen LogP contribution in [0.2, 0.25) is 0 Å². The summed E-state index contributed by atoms with van der Waals surface area (Å²) in [6.07, 6.45) is 0.373. The molecule has 1 aromatic heterocycles. The zero-order valence-electron chi connectivity index (χ0n) is 18.0. The van der Waals surface area contributed by atoms with Crippen LogP contribution < -0.4 is 10.6 Å². The Bertz CT molecular complexity index is 1080. The highest BCUT2D eigenvalue weighted by molar-refractivity contribution is 9.11. The van der Waals surface area contributed by atoms with Gasteiger partial charge >= 0.3 is 0 Å². The third-order valence-electron chi connectivity index (χ3n) is 5.66. The summed E-state index contributed by atoms with van der Waals surface area (Å²) >= 11 is 6.44. The van der Waals surface area contributed by atoms with E-state index in [-0.39, 0.29) is 12.5 Å². The van der Waals surface area contributed by atoms with E-state index in [4.69, 9.17) is 0 Å². The normalized spacial score (nSPS) is 17.4. The molecule has 4 rings (SSSR count). The molecule has 0 radical (unpaired) electrons. The van der Waals surface area contributed by atoms with E-state index >= 15 is 0 Å². The third-order valence-corrected chi connectivity index (χ3v) is 8.03. The number of aryl methyl sites for hydroxylation is 1. The molecule has 10 heteroatoms. The zero-order chi connectivity index (χ0) is 23.4. The van der Waals surface area contributed by atoms with Gasteiger partial charge in [-0.2, -0.15) is 11.8 Å². The topological polar surface area (TPSA) is 70.1 Å². The molecule has 5 nitrogen and oxygen atoms in total. The van der Waals surface area contributed by atoms with Crippen molar-refractivity contribution in [3.63, 3.8) is 0 Å². The summed E-state index contributed by atoms with van der Waals surface area (Å²) in [7, 11) is 0. The molecule has 33 heavy (non-hydrogen) atoms. The molecule has 2 aromatic carbocycles. The fraction of sp³-hybridized carbons (Fsp3) is 0.391. The van der Waals surface area contributed by atoms with Crippen molar-refractivity contribution in [3.8, 4) is 0 Å². The van der Waals surface area contributed by atoms with E-state index in [2.05, 4.69) is 61.9 Å². The van der Waals surface area contributed by atoms with E-state index in [1.54, 1.807) is 0 Å². The molecule has 3 aromatic rings. The van der Waals surface area contributed by atoms with E-state index in [0.717, 1.165) is 24.0 Å². The molecule has 0 saturated carbocycles. The Hall–Kier alpha value is -1.59. The van der Waals surface area contributed by atoms with Crippen molar-refractivity contribution in [1.82, 2.24) is 15.5 Å². The number of nitrogens with one attached hydrogen (secondary N) is 2. The lowest BCUT2D eigenvalue weighted by atomic mass is 9.97. The molecule has 3 atom stereocenters. The molecule has 0 amide bonds. The van der Waals surface area contributed by atoms with Crippen molar-refractivity contribution >= 4 is 44.2 Å². The summed E-state index contributed by atoms with van der Waals surface area (Å²) in [4.78, 5) is 0. The lowest BCUT2D eigenvalue weighted by Crippen LogP contribution is -2.44. The summed E-state index contributed by atoms with van der Waals surface area (Å²) < 4.78 is 28.1. The molecular formula is C23H25BrF2N4OS2. The SMILES string of the molecule is CCc1ccc2c(c1)C(NCC(O)C(Cc1cc(F)cc(F)c1)Nc1nnc(Br)s1)CSC2. The molecule has 3 N–H and O–H groups in total. The number of anilines is 1. The Balaban J connectivity index is 1.49. The maximum absolute atomic E-state index is 13.7. The minimum Gasteiger partial charge on any atom is -0.390 e. The minimum atomic E-state index is -0.830. The molecule has 0 aliphatic carbocycles. The van der Waals surface area contributed by atoms with Crippen molar-refractivity contribution in [1.29, 1.82) is 0 Å². The number of hydrogen-bond acceptors (Lipinski definition) is 7. The predicted molar refractivity (Wildman–Crippen MR) is 134 cm³/mol. The number of rotatable bonds is 9. The minimum absolute atomic E-state index is 0.128. The van der Waals surface area contributed by atoms with Crippen molar-refractivity contribution in [2.45, 2.75) is 43.7 Å². The standard InChI is InChI=1S/C23H25BrF2N4OS2/c1-2-13-3-4-15-11-32-12-20(18(15)7-13)27-10-21(31)19(28-23-30-29-22(24)33-23)8-14-5-16(25)9-17(26)6-14/h3-7,9,19-21,27,31H,2,8,10-12H2,1H3,(H,28,30). The van der Waals surface area contributed by atoms with E-state index in [0.29, 0.717) is 21.2 Å². The average molecular weight is 556 g/mol. The quantitative estimate of drug-likeness (QED) is 0.341. The first kappa shape index (κ1) is 24.5. The van der Waals surface area contributed by atoms with Crippen LogP contribution in [0, 0.1) is 11.6 Å². The first-order chi connectivity index (χ1) is 15.9. The molecule has 1 aliphatic heterocycles. The monoisotopic (exact) mass is 554 g/mol. The number of benzene rings is 2. The summed E-state index contributed by atoms with van der Waals surface area (Å²) in [5, 5.41) is 26.3. The maximum atomic E-state index is 13.7. The average Bonchev–Trinajstić information content (AvgIpc) is 3.20. The summed E-state index contributed by atoms with van der Waals surface area (Å²) in [6.45, 7) is 2.46. The van der Waals surface area contributed by atoms with Gasteiger partial charge in [-0.05, 0) is 63.2 Å². The van der Waals surface area contributed by atoms with Gasteiger partial charge in [0.15, 0.2) is 3.92 Å². The van der Waals surface area contributed by atoms with E-state index in [1.807, 2.05) is 11.8 Å². The predicted octanol–water partition coefficient (Wildman–Crippen LogP) is 5.10. The summed E-state index contributed by atoms with van der Waals surface area (Å²) in [5.41, 5.74) is 4.35. The van der Waals surface area contributed by atoms with Gasteiger partial charge in [-0.1, -0.05) is 36.5 Å². The number of hydrogen-bond donors (Lipinski definition) is 3. The van der Waals surface area contributed by atoms with Gasteiger partial charge in [0.25, 0.3) is 0 Å². The smallest absolute Gasteiger partial charge is 0.206 e. The van der Waals surface area contributed by atoms with Crippen LogP contribution in [0.5, 0.6) is 0 Å².